The van der Waals surface area contributed by atoms with Crippen LogP contribution in [-0.2, 0) is 0 Å². The van der Waals surface area contributed by atoms with Crippen LogP contribution in [0.4, 0.5) is 16.1 Å². The van der Waals surface area contributed by atoms with Crippen molar-refractivity contribution in [1.29, 1.82) is 0 Å². The van der Waals surface area contributed by atoms with Crippen molar-refractivity contribution in [3.63, 3.8) is 0 Å². The first kappa shape index (κ1) is 14.9. The van der Waals surface area contributed by atoms with E-state index in [0.29, 0.717) is 11.5 Å². The summed E-state index contributed by atoms with van der Waals surface area (Å²) in [5, 5.41) is 15.5. The van der Waals surface area contributed by atoms with E-state index in [9.17, 15) is 9.50 Å². The molecule has 124 valence electrons. The fourth-order valence-electron chi connectivity index (χ4n) is 2.37. The van der Waals surface area contributed by atoms with E-state index in [4.69, 9.17) is 8.94 Å². The molecule has 0 aliphatic heterocycles. The molecule has 0 radical (unpaired) electrons. The Labute approximate surface area is 141 Å². The van der Waals surface area contributed by atoms with Gasteiger partial charge in [-0.05, 0) is 23.4 Å². The molecule has 2 heterocycles. The van der Waals surface area contributed by atoms with E-state index in [1.165, 1.54) is 12.1 Å². The molecule has 7 heteroatoms. The first-order valence-electron chi connectivity index (χ1n) is 7.43. The van der Waals surface area contributed by atoms with Gasteiger partial charge in [0.25, 0.3) is 11.9 Å². The molecule has 0 spiro atoms. The Bertz CT molecular complexity index is 1030. The number of nitrogens with one attached hydrogen (secondary N) is 1. The fourth-order valence-corrected chi connectivity index (χ4v) is 2.37. The van der Waals surface area contributed by atoms with Crippen molar-refractivity contribution in [2.45, 2.75) is 0 Å². The minimum absolute atomic E-state index is 0.183. The predicted octanol–water partition coefficient (Wildman–Crippen LogP) is 4.58. The number of rotatable bonds is 4. The largest absolute Gasteiger partial charge is 0.491 e. The number of hydrogen-bond acceptors (Lipinski definition) is 6. The molecule has 6 nitrogen and oxygen atoms in total. The summed E-state index contributed by atoms with van der Waals surface area (Å²) in [7, 11) is 0. The van der Waals surface area contributed by atoms with Gasteiger partial charge in [0, 0.05) is 17.2 Å². The van der Waals surface area contributed by atoms with Gasteiger partial charge >= 0.3 is 0 Å². The van der Waals surface area contributed by atoms with Crippen LogP contribution in [0.25, 0.3) is 22.6 Å². The molecule has 0 aliphatic rings. The van der Waals surface area contributed by atoms with Crippen LogP contribution in [0, 0.1) is 5.82 Å². The standard InChI is InChI=1S/C18H12FN3O3/c19-13-6-1-2-7-14(13)21-18-20-10-16(24-18)12-5-3-4-11(8-12)15-9-17(23)22-25-15/h1-10H,(H,20,21)(H,22,23). The summed E-state index contributed by atoms with van der Waals surface area (Å²) in [6, 6.07) is 15.2. The fraction of sp³-hybridized carbons (Fsp3) is 0. The Hall–Kier alpha value is -3.61. The minimum atomic E-state index is -0.394. The van der Waals surface area contributed by atoms with Gasteiger partial charge in [0.15, 0.2) is 11.5 Å². The third kappa shape index (κ3) is 3.07. The van der Waals surface area contributed by atoms with Crippen LogP contribution in [0.15, 0.2) is 69.7 Å². The van der Waals surface area contributed by atoms with Gasteiger partial charge in [0.05, 0.1) is 11.9 Å². The van der Waals surface area contributed by atoms with Crippen LogP contribution in [-0.4, -0.2) is 15.2 Å². The summed E-state index contributed by atoms with van der Waals surface area (Å²) in [5.74, 6) is 0.360. The Morgan fingerprint density at radius 3 is 2.52 bits per heavy atom. The van der Waals surface area contributed by atoms with Crippen LogP contribution in [0.2, 0.25) is 0 Å². The van der Waals surface area contributed by atoms with E-state index in [1.54, 1.807) is 24.4 Å². The third-order valence-electron chi connectivity index (χ3n) is 3.55. The third-order valence-corrected chi connectivity index (χ3v) is 3.55. The predicted molar refractivity (Wildman–Crippen MR) is 88.8 cm³/mol. The Balaban J connectivity index is 1.61. The maximum absolute atomic E-state index is 13.7. The van der Waals surface area contributed by atoms with E-state index in [1.807, 2.05) is 24.3 Å². The number of benzene rings is 2. The molecule has 4 aromatic rings. The quantitative estimate of drug-likeness (QED) is 0.567. The summed E-state index contributed by atoms with van der Waals surface area (Å²) in [6.45, 7) is 0. The lowest BCUT2D eigenvalue weighted by Crippen LogP contribution is -1.92. The monoisotopic (exact) mass is 337 g/mol. The lowest BCUT2D eigenvalue weighted by Gasteiger charge is -2.02. The normalized spacial score (nSPS) is 10.8. The molecule has 0 unspecified atom stereocenters. The summed E-state index contributed by atoms with van der Waals surface area (Å²) in [5.41, 5.74) is 1.76. The topological polar surface area (TPSA) is 84.3 Å². The molecule has 0 saturated heterocycles. The van der Waals surface area contributed by atoms with Gasteiger partial charge < -0.3 is 19.4 Å². The van der Waals surface area contributed by atoms with Gasteiger partial charge in [-0.3, -0.25) is 0 Å². The number of nitrogens with zero attached hydrogens (tertiary/aromatic N) is 2. The zero-order valence-electron chi connectivity index (χ0n) is 12.8. The molecule has 2 aromatic heterocycles. The number of anilines is 2. The molecule has 0 aliphatic carbocycles. The van der Waals surface area contributed by atoms with Gasteiger partial charge in [0.2, 0.25) is 0 Å². The van der Waals surface area contributed by atoms with Crippen LogP contribution in [0.5, 0.6) is 5.88 Å². The molecule has 0 saturated carbocycles. The van der Waals surface area contributed by atoms with Crippen molar-refractivity contribution in [3.05, 3.63) is 66.6 Å². The lowest BCUT2D eigenvalue weighted by molar-refractivity contribution is 0.365. The van der Waals surface area contributed by atoms with Crippen molar-refractivity contribution in [2.75, 3.05) is 5.32 Å². The molecule has 0 bridgehead atoms. The summed E-state index contributed by atoms with van der Waals surface area (Å²) in [6.07, 6.45) is 1.54. The highest BCUT2D eigenvalue weighted by Crippen LogP contribution is 2.30. The minimum Gasteiger partial charge on any atom is -0.491 e. The van der Waals surface area contributed by atoms with E-state index in [2.05, 4.69) is 15.5 Å². The van der Waals surface area contributed by atoms with Crippen LogP contribution in [0.3, 0.4) is 0 Å². The van der Waals surface area contributed by atoms with Crippen LogP contribution in [0.1, 0.15) is 0 Å². The van der Waals surface area contributed by atoms with Gasteiger partial charge in [-0.25, -0.2) is 9.37 Å². The lowest BCUT2D eigenvalue weighted by atomic mass is 10.1. The summed E-state index contributed by atoms with van der Waals surface area (Å²) < 4.78 is 24.4. The highest BCUT2D eigenvalue weighted by molar-refractivity contribution is 5.68. The van der Waals surface area contributed by atoms with E-state index >= 15 is 0 Å². The highest BCUT2D eigenvalue weighted by atomic mass is 19.1. The van der Waals surface area contributed by atoms with Crippen molar-refractivity contribution in [1.82, 2.24) is 10.1 Å². The number of oxazole rings is 1. The van der Waals surface area contributed by atoms with E-state index < -0.39 is 5.82 Å². The Kier molecular flexibility index (Phi) is 3.66. The number of halogens is 1. The van der Waals surface area contributed by atoms with Crippen molar-refractivity contribution in [2.24, 2.45) is 0 Å². The molecule has 2 N–H and O–H groups in total. The molecule has 0 atom stereocenters. The van der Waals surface area contributed by atoms with Crippen LogP contribution < -0.4 is 5.32 Å². The second-order valence-electron chi connectivity index (χ2n) is 5.26. The van der Waals surface area contributed by atoms with Gasteiger partial charge in [0.1, 0.15) is 5.82 Å². The number of hydrogen-bond donors (Lipinski definition) is 2. The van der Waals surface area contributed by atoms with Crippen molar-refractivity contribution >= 4 is 11.7 Å². The van der Waals surface area contributed by atoms with Crippen LogP contribution >= 0.6 is 0 Å². The average molecular weight is 337 g/mol. The first-order valence-corrected chi connectivity index (χ1v) is 7.43. The van der Waals surface area contributed by atoms with Crippen molar-refractivity contribution < 1.29 is 18.4 Å². The number of aromatic nitrogens is 2. The van der Waals surface area contributed by atoms with E-state index in [-0.39, 0.29) is 17.6 Å². The highest BCUT2D eigenvalue weighted by Gasteiger charge is 2.11. The Morgan fingerprint density at radius 1 is 0.960 bits per heavy atom. The Morgan fingerprint density at radius 2 is 1.76 bits per heavy atom. The molecule has 25 heavy (non-hydrogen) atoms. The molecular formula is C18H12FN3O3. The SMILES string of the molecule is Oc1cc(-c2cccc(-c3cnc(Nc4ccccc4F)o3)c2)on1. The molecular weight excluding hydrogens is 325 g/mol. The van der Waals surface area contributed by atoms with Crippen molar-refractivity contribution in [3.8, 4) is 28.5 Å². The summed E-state index contributed by atoms with van der Waals surface area (Å²) >= 11 is 0. The maximum atomic E-state index is 13.7. The molecule has 2 aromatic carbocycles. The zero-order chi connectivity index (χ0) is 17.2. The smallest absolute Gasteiger partial charge is 0.299 e. The zero-order valence-corrected chi connectivity index (χ0v) is 12.8. The number of aromatic hydroxyl groups is 1. The second-order valence-corrected chi connectivity index (χ2v) is 5.26. The number of para-hydroxylation sites is 1. The van der Waals surface area contributed by atoms with E-state index in [0.717, 1.165) is 11.1 Å². The van der Waals surface area contributed by atoms with Gasteiger partial charge in [-0.1, -0.05) is 30.3 Å². The molecule has 0 fully saturated rings. The molecule has 0 amide bonds. The van der Waals surface area contributed by atoms with Gasteiger partial charge in [-0.15, -0.1) is 0 Å². The summed E-state index contributed by atoms with van der Waals surface area (Å²) in [4.78, 5) is 4.12. The van der Waals surface area contributed by atoms with Gasteiger partial charge in [-0.2, -0.15) is 0 Å². The average Bonchev–Trinajstić information content (AvgIpc) is 3.26. The maximum Gasteiger partial charge on any atom is 0.299 e. The second kappa shape index (κ2) is 6.12. The molecule has 4 rings (SSSR count). The first-order chi connectivity index (χ1) is 12.2.